The molecule has 0 saturated heterocycles. The number of hydrogen-bond acceptors (Lipinski definition) is 10. The molecule has 0 atom stereocenters. The maximum atomic E-state index is 11.3. The topological polar surface area (TPSA) is 164 Å². The minimum Gasteiger partial charge on any atom is -0.753 e. The quantitative estimate of drug-likeness (QED) is 0.0951. The van der Waals surface area contributed by atoms with Gasteiger partial charge in [-0.15, -0.1) is 0 Å². The molecular formula is C30H24N6O4RuS2. The zero-order valence-electron chi connectivity index (χ0n) is 23.4. The van der Waals surface area contributed by atoms with Crippen LogP contribution in [-0.2, 0) is 19.5 Å². The van der Waals surface area contributed by atoms with Crippen LogP contribution in [-0.4, -0.2) is 53.4 Å². The minimum atomic E-state index is -0.0265. The zero-order valence-corrected chi connectivity index (χ0v) is 26.8. The Kier molecular flexibility index (Phi) is 18.3. The van der Waals surface area contributed by atoms with E-state index in [-0.39, 0.29) is 42.6 Å². The van der Waals surface area contributed by atoms with E-state index in [1.807, 2.05) is 0 Å². The number of pyridine rings is 4. The standard InChI is InChI=1S/2C14H12N2O2.2CNS.Ru/c2*1-9(17)11-3-5-15-13(7-11)14-8-12(10(2)18)4-6-16-14;2*2-1-3;/h2*3-8H,1-2H3;;;/q;;2*-1;+2. The molecule has 218 valence electrons. The molecule has 0 aliphatic rings. The normalized spacial score (nSPS) is 8.84. The molecule has 0 bridgehead atoms. The van der Waals surface area contributed by atoms with E-state index in [9.17, 15) is 19.2 Å². The zero-order chi connectivity index (χ0) is 31.7. The summed E-state index contributed by atoms with van der Waals surface area (Å²) in [6, 6.07) is 13.3. The molecule has 0 saturated carbocycles. The van der Waals surface area contributed by atoms with Crippen LogP contribution in [0, 0.1) is 0 Å². The fourth-order valence-electron chi connectivity index (χ4n) is 3.16. The van der Waals surface area contributed by atoms with Crippen LogP contribution in [0.3, 0.4) is 0 Å². The fourth-order valence-corrected chi connectivity index (χ4v) is 3.16. The number of nitrogens with zero attached hydrogens (tertiary/aromatic N) is 6. The van der Waals surface area contributed by atoms with Gasteiger partial charge in [-0.1, -0.05) is 24.4 Å². The van der Waals surface area contributed by atoms with Crippen LogP contribution in [0.1, 0.15) is 69.1 Å². The van der Waals surface area contributed by atoms with E-state index in [2.05, 4.69) is 44.4 Å². The van der Waals surface area contributed by atoms with Crippen molar-refractivity contribution in [2.24, 2.45) is 0 Å². The molecule has 0 amide bonds. The summed E-state index contributed by atoms with van der Waals surface area (Å²) < 4.78 is 0. The van der Waals surface area contributed by atoms with Gasteiger partial charge in [-0.05, 0) is 76.2 Å². The summed E-state index contributed by atoms with van der Waals surface area (Å²) in [5.41, 5.74) is 4.67. The van der Waals surface area contributed by atoms with Crippen molar-refractivity contribution in [3.05, 3.63) is 106 Å². The van der Waals surface area contributed by atoms with Gasteiger partial charge in [0.25, 0.3) is 0 Å². The molecule has 43 heavy (non-hydrogen) atoms. The Labute approximate surface area is 272 Å². The molecule has 0 fully saturated rings. The van der Waals surface area contributed by atoms with E-state index in [1.54, 1.807) is 73.3 Å². The number of carbonyl (C=O) groups excluding carboxylic acids is 4. The van der Waals surface area contributed by atoms with Crippen LogP contribution in [0.15, 0.2) is 73.3 Å². The third-order valence-electron chi connectivity index (χ3n) is 5.19. The fraction of sp³-hybridized carbons (Fsp3) is 0.133. The van der Waals surface area contributed by atoms with Gasteiger partial charge < -0.3 is 10.8 Å². The Hall–Kier alpha value is -4.50. The predicted molar refractivity (Wildman–Crippen MR) is 167 cm³/mol. The van der Waals surface area contributed by atoms with Crippen LogP contribution in [0.25, 0.3) is 33.6 Å². The van der Waals surface area contributed by atoms with Gasteiger partial charge in [-0.3, -0.25) is 39.1 Å². The van der Waals surface area contributed by atoms with E-state index in [1.165, 1.54) is 38.0 Å². The Balaban J connectivity index is 0.000000680. The van der Waals surface area contributed by atoms with Gasteiger partial charge in [-0.25, -0.2) is 0 Å². The first-order valence-electron chi connectivity index (χ1n) is 11.9. The minimum absolute atomic E-state index is 0. The SMILES string of the molecule is CC(=O)c1ccnc(-c2cc(C(C)=O)ccn2)c1.CC(=O)c1ccnc(-c2cc(C(C)=O)ccn2)c1.[N-]=C=S.[N-]=C=S.[Ru+2]. The largest absolute Gasteiger partial charge is 2.00 e. The van der Waals surface area contributed by atoms with Gasteiger partial charge in [0.05, 0.1) is 22.8 Å². The summed E-state index contributed by atoms with van der Waals surface area (Å²) >= 11 is 7.40. The summed E-state index contributed by atoms with van der Waals surface area (Å²) in [4.78, 5) is 61.9. The summed E-state index contributed by atoms with van der Waals surface area (Å²) in [5, 5.41) is 16.9. The molecular weight excluding hydrogens is 674 g/mol. The molecule has 0 aliphatic carbocycles. The molecule has 4 rings (SSSR count). The third-order valence-corrected chi connectivity index (χ3v) is 5.19. The number of thiocarbonyl (C=S) groups is 2. The van der Waals surface area contributed by atoms with Crippen LogP contribution < -0.4 is 0 Å². The molecule has 4 aromatic rings. The summed E-state index contributed by atoms with van der Waals surface area (Å²) in [7, 11) is 0. The number of ketones is 4. The van der Waals surface area contributed by atoms with E-state index in [0.29, 0.717) is 45.0 Å². The van der Waals surface area contributed by atoms with Crippen LogP contribution in [0.2, 0.25) is 0 Å². The predicted octanol–water partition coefficient (Wildman–Crippen LogP) is 6.41. The van der Waals surface area contributed by atoms with E-state index >= 15 is 0 Å². The van der Waals surface area contributed by atoms with Gasteiger partial charge in [0.15, 0.2) is 23.1 Å². The molecule has 4 aromatic heterocycles. The number of rotatable bonds is 6. The number of carbonyl (C=O) groups is 4. The van der Waals surface area contributed by atoms with Gasteiger partial charge in [-0.2, -0.15) is 10.3 Å². The van der Waals surface area contributed by atoms with Crippen molar-refractivity contribution in [1.29, 1.82) is 0 Å². The first kappa shape index (κ1) is 38.5. The van der Waals surface area contributed by atoms with E-state index < -0.39 is 0 Å². The smallest absolute Gasteiger partial charge is 0.753 e. The Morgan fingerprint density at radius 3 is 0.814 bits per heavy atom. The van der Waals surface area contributed by atoms with Crippen molar-refractivity contribution < 1.29 is 38.7 Å². The Morgan fingerprint density at radius 1 is 0.512 bits per heavy atom. The second kappa shape index (κ2) is 20.4. The average Bonchev–Trinajstić information content (AvgIpc) is 2.98. The van der Waals surface area contributed by atoms with Crippen molar-refractivity contribution >= 4 is 57.9 Å². The molecule has 0 N–H and O–H groups in total. The first-order chi connectivity index (χ1) is 20.0. The maximum absolute atomic E-state index is 11.3. The van der Waals surface area contributed by atoms with Crippen molar-refractivity contribution in [2.45, 2.75) is 27.7 Å². The summed E-state index contributed by atoms with van der Waals surface area (Å²) in [6.07, 6.45) is 6.25. The molecule has 0 aliphatic heterocycles. The number of hydrogen-bond donors (Lipinski definition) is 0. The van der Waals surface area contributed by atoms with E-state index in [4.69, 9.17) is 10.8 Å². The third kappa shape index (κ3) is 13.4. The maximum Gasteiger partial charge on any atom is 2.00 e. The van der Waals surface area contributed by atoms with Crippen LogP contribution in [0.4, 0.5) is 0 Å². The second-order valence-corrected chi connectivity index (χ2v) is 8.49. The van der Waals surface area contributed by atoms with Crippen LogP contribution >= 0.6 is 24.4 Å². The number of aromatic nitrogens is 4. The number of Topliss-reactive ketones (excluding diaryl/α,β-unsaturated/α-hetero) is 4. The van der Waals surface area contributed by atoms with Crippen molar-refractivity contribution in [1.82, 2.24) is 19.9 Å². The van der Waals surface area contributed by atoms with Gasteiger partial charge in [0.1, 0.15) is 0 Å². The van der Waals surface area contributed by atoms with Gasteiger partial charge >= 0.3 is 19.5 Å². The molecule has 4 heterocycles. The van der Waals surface area contributed by atoms with E-state index in [0.717, 1.165) is 0 Å². The molecule has 0 spiro atoms. The molecule has 0 unspecified atom stereocenters. The Morgan fingerprint density at radius 2 is 0.674 bits per heavy atom. The van der Waals surface area contributed by atoms with Crippen molar-refractivity contribution in [3.8, 4) is 22.8 Å². The van der Waals surface area contributed by atoms with Crippen LogP contribution in [0.5, 0.6) is 0 Å². The van der Waals surface area contributed by atoms with Crippen molar-refractivity contribution in [2.75, 3.05) is 0 Å². The van der Waals surface area contributed by atoms with Crippen molar-refractivity contribution in [3.63, 3.8) is 0 Å². The molecule has 10 nitrogen and oxygen atoms in total. The monoisotopic (exact) mass is 698 g/mol. The molecule has 0 aromatic carbocycles. The molecule has 13 heteroatoms. The number of isothiocyanates is 2. The molecule has 0 radical (unpaired) electrons. The van der Waals surface area contributed by atoms with Gasteiger partial charge in [0, 0.05) is 47.0 Å². The second-order valence-electron chi connectivity index (χ2n) is 8.13. The van der Waals surface area contributed by atoms with Gasteiger partial charge in [0.2, 0.25) is 0 Å². The Bertz CT molecular complexity index is 1430. The average molecular weight is 698 g/mol. The first-order valence-corrected chi connectivity index (χ1v) is 12.7. The summed E-state index contributed by atoms with van der Waals surface area (Å²) in [5.74, 6) is -0.106. The summed E-state index contributed by atoms with van der Waals surface area (Å²) in [6.45, 7) is 5.99.